The highest BCUT2D eigenvalue weighted by atomic mass is 35.5. The molecule has 0 bridgehead atoms. The average molecular weight is 261 g/mol. The molecule has 0 amide bonds. The maximum absolute atomic E-state index is 6.13. The summed E-state index contributed by atoms with van der Waals surface area (Å²) in [7, 11) is 1.54. The van der Waals surface area contributed by atoms with E-state index < -0.39 is 0 Å². The summed E-state index contributed by atoms with van der Waals surface area (Å²) in [4.78, 5) is 0. The molecule has 4 N–H and O–H groups in total. The minimum atomic E-state index is -0.318. The van der Waals surface area contributed by atoms with Gasteiger partial charge in [0.2, 0.25) is 0 Å². The first-order chi connectivity index (χ1) is 7.48. The fourth-order valence-electron chi connectivity index (χ4n) is 1.70. The van der Waals surface area contributed by atoms with E-state index in [1.807, 2.05) is 0 Å². The molecule has 5 heteroatoms. The van der Waals surface area contributed by atoms with Crippen LogP contribution in [0.15, 0.2) is 12.1 Å². The van der Waals surface area contributed by atoms with E-state index in [4.69, 9.17) is 39.4 Å². The average Bonchev–Trinajstić information content (AvgIpc) is 2.99. The fourth-order valence-corrected chi connectivity index (χ4v) is 2.22. The van der Waals surface area contributed by atoms with Gasteiger partial charge in [0, 0.05) is 22.7 Å². The molecule has 1 aromatic rings. The molecule has 16 heavy (non-hydrogen) atoms. The lowest BCUT2D eigenvalue weighted by molar-refractivity contribution is 0.414. The highest BCUT2D eigenvalue weighted by molar-refractivity contribution is 6.34. The lowest BCUT2D eigenvalue weighted by Gasteiger charge is -2.21. The summed E-state index contributed by atoms with van der Waals surface area (Å²) in [5.74, 6) is 0.546. The predicted molar refractivity (Wildman–Crippen MR) is 66.1 cm³/mol. The van der Waals surface area contributed by atoms with Gasteiger partial charge >= 0.3 is 0 Å². The molecule has 88 valence electrons. The summed E-state index contributed by atoms with van der Waals surface area (Å²) in [5, 5.41) is 1.05. The van der Waals surface area contributed by atoms with Gasteiger partial charge in [0.15, 0.2) is 0 Å². The van der Waals surface area contributed by atoms with E-state index in [0.717, 1.165) is 18.4 Å². The molecule has 0 spiro atoms. The number of halogens is 2. The van der Waals surface area contributed by atoms with Gasteiger partial charge in [-0.15, -0.1) is 0 Å². The Kier molecular flexibility index (Phi) is 3.05. The normalized spacial score (nSPS) is 19.3. The van der Waals surface area contributed by atoms with Crippen molar-refractivity contribution < 1.29 is 4.74 Å². The Labute approximate surface area is 105 Å². The second kappa shape index (κ2) is 4.08. The van der Waals surface area contributed by atoms with E-state index in [1.165, 1.54) is 0 Å². The Hall–Kier alpha value is -0.480. The van der Waals surface area contributed by atoms with Crippen molar-refractivity contribution in [1.82, 2.24) is 0 Å². The number of ether oxygens (including phenoxy) is 1. The Balaban J connectivity index is 2.38. The molecule has 1 aromatic carbocycles. The van der Waals surface area contributed by atoms with Gasteiger partial charge in [-0.25, -0.2) is 0 Å². The molecule has 0 aromatic heterocycles. The van der Waals surface area contributed by atoms with Crippen molar-refractivity contribution >= 4 is 23.2 Å². The number of rotatable bonds is 3. The van der Waals surface area contributed by atoms with Crippen LogP contribution in [0.25, 0.3) is 0 Å². The molecule has 0 saturated heterocycles. The van der Waals surface area contributed by atoms with E-state index >= 15 is 0 Å². The van der Waals surface area contributed by atoms with Crippen LogP contribution in [-0.4, -0.2) is 12.6 Å². The van der Waals surface area contributed by atoms with Crippen LogP contribution < -0.4 is 16.2 Å². The SMILES string of the molecule is COc1cc(Cl)c(C(N)C2(N)CC2)cc1Cl. The molecule has 1 unspecified atom stereocenters. The Morgan fingerprint density at radius 1 is 1.31 bits per heavy atom. The zero-order chi connectivity index (χ0) is 11.9. The van der Waals surface area contributed by atoms with E-state index in [1.54, 1.807) is 19.2 Å². The molecule has 1 saturated carbocycles. The van der Waals surface area contributed by atoms with Crippen LogP contribution >= 0.6 is 23.2 Å². The molecule has 1 aliphatic rings. The van der Waals surface area contributed by atoms with Crippen LogP contribution in [0.2, 0.25) is 10.0 Å². The summed E-state index contributed by atoms with van der Waals surface area (Å²) in [6.45, 7) is 0. The van der Waals surface area contributed by atoms with Gasteiger partial charge in [0.25, 0.3) is 0 Å². The molecule has 1 aliphatic carbocycles. The fraction of sp³-hybridized carbons (Fsp3) is 0.455. The van der Waals surface area contributed by atoms with E-state index in [2.05, 4.69) is 0 Å². The molecule has 3 nitrogen and oxygen atoms in total. The minimum absolute atomic E-state index is 0.275. The van der Waals surface area contributed by atoms with Crippen LogP contribution in [0, 0.1) is 0 Å². The first-order valence-corrected chi connectivity index (χ1v) is 5.81. The van der Waals surface area contributed by atoms with Crippen LogP contribution in [0.3, 0.4) is 0 Å². The topological polar surface area (TPSA) is 61.3 Å². The third-order valence-corrected chi connectivity index (χ3v) is 3.68. The van der Waals surface area contributed by atoms with Gasteiger partial charge in [-0.05, 0) is 24.5 Å². The number of hydrogen-bond donors (Lipinski definition) is 2. The summed E-state index contributed by atoms with van der Waals surface area (Å²) in [6, 6.07) is 3.13. The molecule has 0 aliphatic heterocycles. The van der Waals surface area contributed by atoms with Crippen molar-refractivity contribution in [3.8, 4) is 5.75 Å². The Morgan fingerprint density at radius 2 is 1.94 bits per heavy atom. The third kappa shape index (κ3) is 2.00. The highest BCUT2D eigenvalue weighted by Crippen LogP contribution is 2.45. The Morgan fingerprint density at radius 3 is 2.44 bits per heavy atom. The molecule has 2 rings (SSSR count). The van der Waals surface area contributed by atoms with E-state index in [9.17, 15) is 0 Å². The summed E-state index contributed by atoms with van der Waals surface area (Å²) in [5.41, 5.74) is 12.6. The van der Waals surface area contributed by atoms with Crippen LogP contribution in [0.5, 0.6) is 5.75 Å². The monoisotopic (exact) mass is 260 g/mol. The molecule has 1 atom stereocenters. The summed E-state index contributed by atoms with van der Waals surface area (Å²) < 4.78 is 5.07. The quantitative estimate of drug-likeness (QED) is 0.878. The van der Waals surface area contributed by atoms with Crippen LogP contribution in [0.4, 0.5) is 0 Å². The van der Waals surface area contributed by atoms with E-state index in [0.29, 0.717) is 15.8 Å². The molecule has 0 heterocycles. The zero-order valence-electron chi connectivity index (χ0n) is 8.97. The maximum atomic E-state index is 6.13. The van der Waals surface area contributed by atoms with Crippen molar-refractivity contribution in [1.29, 1.82) is 0 Å². The third-order valence-electron chi connectivity index (χ3n) is 3.05. The van der Waals surface area contributed by atoms with Crippen molar-refractivity contribution in [2.75, 3.05) is 7.11 Å². The predicted octanol–water partition coefficient (Wildman–Crippen LogP) is 2.49. The van der Waals surface area contributed by atoms with Gasteiger partial charge < -0.3 is 16.2 Å². The maximum Gasteiger partial charge on any atom is 0.138 e. The van der Waals surface area contributed by atoms with Crippen molar-refractivity contribution in [2.24, 2.45) is 11.5 Å². The van der Waals surface area contributed by atoms with Crippen LogP contribution in [0.1, 0.15) is 24.4 Å². The largest absolute Gasteiger partial charge is 0.495 e. The van der Waals surface area contributed by atoms with Crippen molar-refractivity contribution in [2.45, 2.75) is 24.4 Å². The highest BCUT2D eigenvalue weighted by Gasteiger charge is 2.45. The van der Waals surface area contributed by atoms with Gasteiger partial charge in [-0.3, -0.25) is 0 Å². The zero-order valence-corrected chi connectivity index (χ0v) is 10.5. The van der Waals surface area contributed by atoms with Gasteiger partial charge in [0.1, 0.15) is 5.75 Å². The molecular weight excluding hydrogens is 247 g/mol. The van der Waals surface area contributed by atoms with Gasteiger partial charge in [-0.1, -0.05) is 23.2 Å². The lowest BCUT2D eigenvalue weighted by Crippen LogP contribution is -2.36. The molecule has 1 fully saturated rings. The number of benzene rings is 1. The number of nitrogens with two attached hydrogens (primary N) is 2. The first-order valence-electron chi connectivity index (χ1n) is 5.05. The number of methoxy groups -OCH3 is 1. The standard InChI is InChI=1S/C11H14Cl2N2O/c1-16-9-5-7(12)6(4-8(9)13)10(14)11(15)2-3-11/h4-5,10H,2-3,14-15H2,1H3. The minimum Gasteiger partial charge on any atom is -0.495 e. The second-order valence-corrected chi connectivity index (χ2v) is 5.03. The van der Waals surface area contributed by atoms with Crippen molar-refractivity contribution in [3.05, 3.63) is 27.7 Å². The summed E-state index contributed by atoms with van der Waals surface area (Å²) >= 11 is 12.2. The van der Waals surface area contributed by atoms with E-state index in [-0.39, 0.29) is 11.6 Å². The number of hydrogen-bond acceptors (Lipinski definition) is 3. The second-order valence-electron chi connectivity index (χ2n) is 4.22. The summed E-state index contributed by atoms with van der Waals surface area (Å²) in [6.07, 6.45) is 1.85. The van der Waals surface area contributed by atoms with Gasteiger partial charge in [0.05, 0.1) is 12.1 Å². The van der Waals surface area contributed by atoms with Gasteiger partial charge in [-0.2, -0.15) is 0 Å². The smallest absolute Gasteiger partial charge is 0.138 e. The lowest BCUT2D eigenvalue weighted by atomic mass is 9.99. The van der Waals surface area contributed by atoms with Crippen molar-refractivity contribution in [3.63, 3.8) is 0 Å². The Bertz CT molecular complexity index is 419. The first kappa shape index (κ1) is 12.0. The molecule has 0 radical (unpaired) electrons. The van der Waals surface area contributed by atoms with Crippen LogP contribution in [-0.2, 0) is 0 Å². The molecular formula is C11H14Cl2N2O.